The van der Waals surface area contributed by atoms with Crippen molar-refractivity contribution in [3.8, 4) is 0 Å². The van der Waals surface area contributed by atoms with Crippen LogP contribution in [0, 0.1) is 0 Å². The number of likely N-dealkylation sites (N-methyl/N-ethyl adjacent to an activating group) is 1. The number of hydrogen-bond acceptors (Lipinski definition) is 2. The van der Waals surface area contributed by atoms with E-state index in [-0.39, 0.29) is 5.91 Å². The van der Waals surface area contributed by atoms with Crippen LogP contribution < -0.4 is 5.32 Å². The van der Waals surface area contributed by atoms with Gasteiger partial charge in [0, 0.05) is 6.04 Å². The fraction of sp³-hybridized carbons (Fsp3) is 0.933. The van der Waals surface area contributed by atoms with E-state index in [1.165, 1.54) is 32.1 Å². The van der Waals surface area contributed by atoms with Gasteiger partial charge in [0.05, 0.1) is 6.54 Å². The highest BCUT2D eigenvalue weighted by atomic mass is 16.2. The molecule has 1 amide bonds. The van der Waals surface area contributed by atoms with Gasteiger partial charge >= 0.3 is 0 Å². The lowest BCUT2D eigenvalue weighted by Gasteiger charge is -2.19. The van der Waals surface area contributed by atoms with Crippen molar-refractivity contribution in [1.29, 1.82) is 0 Å². The minimum absolute atomic E-state index is 0.166. The molecule has 0 aromatic carbocycles. The summed E-state index contributed by atoms with van der Waals surface area (Å²) in [6.45, 7) is 10.9. The molecule has 0 aliphatic heterocycles. The summed E-state index contributed by atoms with van der Waals surface area (Å²) in [5, 5.41) is 3.09. The molecule has 0 rings (SSSR count). The van der Waals surface area contributed by atoms with Gasteiger partial charge in [-0.25, -0.2) is 0 Å². The van der Waals surface area contributed by atoms with E-state index in [0.717, 1.165) is 19.5 Å². The average molecular weight is 256 g/mol. The third kappa shape index (κ3) is 9.46. The molecule has 1 unspecified atom stereocenters. The quantitative estimate of drug-likeness (QED) is 0.576. The smallest absolute Gasteiger partial charge is 0.234 e. The lowest BCUT2D eigenvalue weighted by atomic mass is 10.1. The largest absolute Gasteiger partial charge is 0.353 e. The van der Waals surface area contributed by atoms with E-state index in [9.17, 15) is 4.79 Å². The second kappa shape index (κ2) is 11.5. The number of nitrogens with zero attached hydrogens (tertiary/aromatic N) is 1. The van der Waals surface area contributed by atoms with Gasteiger partial charge in [0.25, 0.3) is 0 Å². The maximum atomic E-state index is 11.8. The van der Waals surface area contributed by atoms with Gasteiger partial charge in [0.15, 0.2) is 0 Å². The van der Waals surface area contributed by atoms with Gasteiger partial charge in [-0.15, -0.1) is 0 Å². The summed E-state index contributed by atoms with van der Waals surface area (Å²) in [6, 6.07) is 0.315. The minimum Gasteiger partial charge on any atom is -0.353 e. The Balaban J connectivity index is 3.60. The number of rotatable bonds is 11. The molecule has 3 heteroatoms. The van der Waals surface area contributed by atoms with Crippen LogP contribution in [0.5, 0.6) is 0 Å². The topological polar surface area (TPSA) is 32.3 Å². The summed E-state index contributed by atoms with van der Waals surface area (Å²) in [5.74, 6) is 0.166. The Bertz CT molecular complexity index is 203. The molecule has 0 aliphatic carbocycles. The normalized spacial score (nSPS) is 12.7. The number of carbonyl (C=O) groups excluding carboxylic acids is 1. The van der Waals surface area contributed by atoms with E-state index >= 15 is 0 Å². The first-order chi connectivity index (χ1) is 8.63. The Kier molecular flexibility index (Phi) is 11.2. The molecule has 0 aromatic rings. The Morgan fingerprint density at radius 1 is 1.06 bits per heavy atom. The summed E-state index contributed by atoms with van der Waals surface area (Å²) in [4.78, 5) is 13.9. The third-order valence-electron chi connectivity index (χ3n) is 3.41. The number of unbranched alkanes of at least 4 members (excludes halogenated alkanes) is 4. The Morgan fingerprint density at radius 3 is 2.22 bits per heavy atom. The van der Waals surface area contributed by atoms with Crippen molar-refractivity contribution >= 4 is 5.91 Å². The van der Waals surface area contributed by atoms with Crippen molar-refractivity contribution in [3.05, 3.63) is 0 Å². The maximum Gasteiger partial charge on any atom is 0.234 e. The summed E-state index contributed by atoms with van der Waals surface area (Å²) in [5.41, 5.74) is 0. The second-order valence-electron chi connectivity index (χ2n) is 5.13. The van der Waals surface area contributed by atoms with Gasteiger partial charge < -0.3 is 5.32 Å². The molecule has 18 heavy (non-hydrogen) atoms. The molecular weight excluding hydrogens is 224 g/mol. The van der Waals surface area contributed by atoms with Gasteiger partial charge in [0.2, 0.25) is 5.91 Å². The molecule has 0 heterocycles. The molecule has 0 saturated heterocycles. The fourth-order valence-electron chi connectivity index (χ4n) is 2.10. The number of carbonyl (C=O) groups is 1. The van der Waals surface area contributed by atoms with Crippen LogP contribution in [0.4, 0.5) is 0 Å². The molecule has 1 atom stereocenters. The zero-order chi connectivity index (χ0) is 13.8. The van der Waals surface area contributed by atoms with Crippen LogP contribution in [0.1, 0.15) is 66.2 Å². The first-order valence-electron chi connectivity index (χ1n) is 7.65. The van der Waals surface area contributed by atoms with Gasteiger partial charge in [0.1, 0.15) is 0 Å². The summed E-state index contributed by atoms with van der Waals surface area (Å²) in [6.07, 6.45) is 7.58. The van der Waals surface area contributed by atoms with Crippen molar-refractivity contribution in [1.82, 2.24) is 10.2 Å². The van der Waals surface area contributed by atoms with Crippen LogP contribution in [0.15, 0.2) is 0 Å². The first kappa shape index (κ1) is 17.4. The van der Waals surface area contributed by atoms with E-state index < -0.39 is 0 Å². The van der Waals surface area contributed by atoms with Crippen molar-refractivity contribution in [3.63, 3.8) is 0 Å². The van der Waals surface area contributed by atoms with Gasteiger partial charge in [-0.05, 0) is 26.4 Å². The number of hydrogen-bond donors (Lipinski definition) is 1. The SMILES string of the molecule is CCCCCCCC(C)NC(=O)CN(CC)CC. The van der Waals surface area contributed by atoms with Crippen LogP contribution in [0.25, 0.3) is 0 Å². The first-order valence-corrected chi connectivity index (χ1v) is 7.65. The molecule has 108 valence electrons. The lowest BCUT2D eigenvalue weighted by Crippen LogP contribution is -2.40. The third-order valence-corrected chi connectivity index (χ3v) is 3.41. The Hall–Kier alpha value is -0.570. The highest BCUT2D eigenvalue weighted by molar-refractivity contribution is 5.78. The molecule has 0 bridgehead atoms. The summed E-state index contributed by atoms with van der Waals surface area (Å²) in [7, 11) is 0. The van der Waals surface area contributed by atoms with Gasteiger partial charge in [-0.1, -0.05) is 52.9 Å². The van der Waals surface area contributed by atoms with Crippen molar-refractivity contribution in [2.45, 2.75) is 72.3 Å². The number of nitrogens with one attached hydrogen (secondary N) is 1. The standard InChI is InChI=1S/C15H32N2O/c1-5-8-9-10-11-12-14(4)16-15(18)13-17(6-2)7-3/h14H,5-13H2,1-4H3,(H,16,18). The molecule has 0 aliphatic rings. The summed E-state index contributed by atoms with van der Waals surface area (Å²) < 4.78 is 0. The van der Waals surface area contributed by atoms with E-state index in [1.807, 2.05) is 0 Å². The highest BCUT2D eigenvalue weighted by Crippen LogP contribution is 2.07. The van der Waals surface area contributed by atoms with Crippen molar-refractivity contribution < 1.29 is 4.79 Å². The predicted molar refractivity (Wildman–Crippen MR) is 78.8 cm³/mol. The van der Waals surface area contributed by atoms with Gasteiger partial charge in [-0.3, -0.25) is 9.69 Å². The lowest BCUT2D eigenvalue weighted by molar-refractivity contribution is -0.122. The zero-order valence-electron chi connectivity index (χ0n) is 12.8. The monoisotopic (exact) mass is 256 g/mol. The molecule has 1 N–H and O–H groups in total. The van der Waals surface area contributed by atoms with E-state index in [2.05, 4.69) is 37.9 Å². The Morgan fingerprint density at radius 2 is 1.67 bits per heavy atom. The molecule has 0 aromatic heterocycles. The minimum atomic E-state index is 0.166. The van der Waals surface area contributed by atoms with E-state index in [0.29, 0.717) is 12.6 Å². The molecule has 3 nitrogen and oxygen atoms in total. The van der Waals surface area contributed by atoms with Crippen LogP contribution in [-0.4, -0.2) is 36.5 Å². The second-order valence-corrected chi connectivity index (χ2v) is 5.13. The van der Waals surface area contributed by atoms with E-state index in [4.69, 9.17) is 0 Å². The molecule has 0 saturated carbocycles. The van der Waals surface area contributed by atoms with Crippen LogP contribution in [0.2, 0.25) is 0 Å². The van der Waals surface area contributed by atoms with Crippen LogP contribution in [0.3, 0.4) is 0 Å². The highest BCUT2D eigenvalue weighted by Gasteiger charge is 2.10. The predicted octanol–water partition coefficient (Wildman–Crippen LogP) is 3.19. The maximum absolute atomic E-state index is 11.8. The molecule has 0 fully saturated rings. The number of amides is 1. The van der Waals surface area contributed by atoms with Crippen LogP contribution >= 0.6 is 0 Å². The Labute approximate surface area is 113 Å². The van der Waals surface area contributed by atoms with Crippen molar-refractivity contribution in [2.75, 3.05) is 19.6 Å². The van der Waals surface area contributed by atoms with E-state index in [1.54, 1.807) is 0 Å². The molecule has 0 spiro atoms. The molecule has 0 radical (unpaired) electrons. The van der Waals surface area contributed by atoms with Crippen LogP contribution in [-0.2, 0) is 4.79 Å². The fourth-order valence-corrected chi connectivity index (χ4v) is 2.10. The molecular formula is C15H32N2O. The van der Waals surface area contributed by atoms with Gasteiger partial charge in [-0.2, -0.15) is 0 Å². The zero-order valence-corrected chi connectivity index (χ0v) is 12.8. The van der Waals surface area contributed by atoms with Crippen molar-refractivity contribution in [2.24, 2.45) is 0 Å². The summed E-state index contributed by atoms with van der Waals surface area (Å²) >= 11 is 0. The average Bonchev–Trinajstić information content (AvgIpc) is 2.35.